The van der Waals surface area contributed by atoms with Crippen molar-refractivity contribution >= 4 is 11.8 Å². The molecule has 0 aliphatic carbocycles. The van der Waals surface area contributed by atoms with Crippen LogP contribution in [0.5, 0.6) is 0 Å². The van der Waals surface area contributed by atoms with E-state index < -0.39 is 12.3 Å². The molecule has 0 saturated carbocycles. The number of carbonyl (C=O) groups is 2. The number of carbonyl (C=O) groups excluding carboxylic acids is 2. The van der Waals surface area contributed by atoms with E-state index in [4.69, 9.17) is 9.47 Å². The molecule has 0 saturated heterocycles. The minimum absolute atomic E-state index is 0.0576. The Morgan fingerprint density at radius 3 is 2.08 bits per heavy atom. The summed E-state index contributed by atoms with van der Waals surface area (Å²) in [6, 6.07) is 0. The van der Waals surface area contributed by atoms with E-state index in [0.29, 0.717) is 0 Å². The van der Waals surface area contributed by atoms with Crippen molar-refractivity contribution in [2.24, 2.45) is 0 Å². The van der Waals surface area contributed by atoms with E-state index in [2.05, 4.69) is 4.74 Å². The van der Waals surface area contributed by atoms with Crippen LogP contribution in [0.1, 0.15) is 12.8 Å². The fourth-order valence-corrected chi connectivity index (χ4v) is 0.754. The van der Waals surface area contributed by atoms with E-state index in [9.17, 15) is 9.59 Å². The summed E-state index contributed by atoms with van der Waals surface area (Å²) < 4.78 is 13.9. The Balaban J connectivity index is 3.79. The Kier molecular flexibility index (Phi) is 6.09. The third-order valence-electron chi connectivity index (χ3n) is 1.49. The van der Waals surface area contributed by atoms with Crippen molar-refractivity contribution in [2.75, 3.05) is 21.3 Å². The summed E-state index contributed by atoms with van der Waals surface area (Å²) in [5, 5.41) is 0. The largest absolute Gasteiger partial charge is 0.469 e. The van der Waals surface area contributed by atoms with Gasteiger partial charge in [0.2, 0.25) is 0 Å². The van der Waals surface area contributed by atoms with Crippen LogP contribution in [0.15, 0.2) is 0 Å². The average Bonchev–Trinajstić information content (AvgIpc) is 2.13. The number of ketones is 1. The lowest BCUT2D eigenvalue weighted by Crippen LogP contribution is -2.20. The third kappa shape index (κ3) is 5.32. The van der Waals surface area contributed by atoms with Gasteiger partial charge in [-0.1, -0.05) is 0 Å². The average molecular weight is 190 g/mol. The molecule has 0 bridgehead atoms. The van der Waals surface area contributed by atoms with Gasteiger partial charge in [0.25, 0.3) is 0 Å². The number of ether oxygens (including phenoxy) is 3. The van der Waals surface area contributed by atoms with Crippen molar-refractivity contribution in [3.63, 3.8) is 0 Å². The number of hydrogen-bond acceptors (Lipinski definition) is 5. The standard InChI is InChI=1S/C8H14O5/c1-11-7(10)4-6(9)5-8(12-2)13-3/h8H,4-5H2,1-3H3. The summed E-state index contributed by atoms with van der Waals surface area (Å²) in [6.07, 6.45) is -0.765. The quantitative estimate of drug-likeness (QED) is 0.338. The van der Waals surface area contributed by atoms with E-state index in [-0.39, 0.29) is 18.6 Å². The first kappa shape index (κ1) is 12.1. The van der Waals surface area contributed by atoms with E-state index in [1.54, 1.807) is 0 Å². The van der Waals surface area contributed by atoms with Crippen LogP contribution in [0.3, 0.4) is 0 Å². The van der Waals surface area contributed by atoms with Crippen molar-refractivity contribution in [1.82, 2.24) is 0 Å². The summed E-state index contributed by atoms with van der Waals surface area (Å²) in [6.45, 7) is 0. The predicted molar refractivity (Wildman–Crippen MR) is 44.1 cm³/mol. The second-order valence-electron chi connectivity index (χ2n) is 2.40. The second-order valence-corrected chi connectivity index (χ2v) is 2.40. The first-order valence-electron chi connectivity index (χ1n) is 3.78. The number of Topliss-reactive ketones (excluding diaryl/α,β-unsaturated/α-hetero) is 1. The van der Waals surface area contributed by atoms with Crippen LogP contribution in [0.2, 0.25) is 0 Å². The molecule has 0 fully saturated rings. The zero-order valence-electron chi connectivity index (χ0n) is 8.03. The summed E-state index contributed by atoms with van der Waals surface area (Å²) in [7, 11) is 4.10. The topological polar surface area (TPSA) is 61.8 Å². The monoisotopic (exact) mass is 190 g/mol. The Morgan fingerprint density at radius 1 is 1.15 bits per heavy atom. The van der Waals surface area contributed by atoms with Crippen LogP contribution < -0.4 is 0 Å². The highest BCUT2D eigenvalue weighted by atomic mass is 16.7. The lowest BCUT2D eigenvalue weighted by molar-refractivity contribution is -0.147. The molecule has 0 heterocycles. The SMILES string of the molecule is COC(=O)CC(=O)CC(OC)OC. The molecule has 0 atom stereocenters. The van der Waals surface area contributed by atoms with Gasteiger partial charge in [-0.2, -0.15) is 0 Å². The summed E-state index contributed by atoms with van der Waals surface area (Å²) in [5.41, 5.74) is 0. The van der Waals surface area contributed by atoms with E-state index in [1.807, 2.05) is 0 Å². The van der Waals surface area contributed by atoms with Crippen molar-refractivity contribution in [2.45, 2.75) is 19.1 Å². The molecule has 0 unspecified atom stereocenters. The zero-order chi connectivity index (χ0) is 10.3. The summed E-state index contributed by atoms with van der Waals surface area (Å²) in [4.78, 5) is 21.7. The third-order valence-corrected chi connectivity index (χ3v) is 1.49. The first-order valence-corrected chi connectivity index (χ1v) is 3.78. The van der Waals surface area contributed by atoms with E-state index in [1.165, 1.54) is 21.3 Å². The van der Waals surface area contributed by atoms with Crippen LogP contribution in [-0.2, 0) is 23.8 Å². The first-order chi connectivity index (χ1) is 6.13. The highest BCUT2D eigenvalue weighted by molar-refractivity contribution is 5.95. The van der Waals surface area contributed by atoms with Gasteiger partial charge in [0.1, 0.15) is 12.2 Å². The molecule has 76 valence electrons. The Hall–Kier alpha value is -0.940. The van der Waals surface area contributed by atoms with Gasteiger partial charge >= 0.3 is 5.97 Å². The molecule has 13 heavy (non-hydrogen) atoms. The Labute approximate surface area is 77.0 Å². The van der Waals surface area contributed by atoms with Crippen molar-refractivity contribution in [1.29, 1.82) is 0 Å². The molecular weight excluding hydrogens is 176 g/mol. The number of esters is 1. The van der Waals surface area contributed by atoms with Gasteiger partial charge < -0.3 is 14.2 Å². The lowest BCUT2D eigenvalue weighted by Gasteiger charge is -2.11. The van der Waals surface area contributed by atoms with Gasteiger partial charge in [-0.3, -0.25) is 9.59 Å². The molecular formula is C8H14O5. The van der Waals surface area contributed by atoms with Crippen LogP contribution >= 0.6 is 0 Å². The normalized spacial score (nSPS) is 10.2. The molecule has 0 aromatic carbocycles. The van der Waals surface area contributed by atoms with Gasteiger partial charge in [0, 0.05) is 14.2 Å². The van der Waals surface area contributed by atoms with Crippen molar-refractivity contribution < 1.29 is 23.8 Å². The second kappa shape index (κ2) is 6.56. The van der Waals surface area contributed by atoms with Crippen LogP contribution in [-0.4, -0.2) is 39.4 Å². The maximum absolute atomic E-state index is 11.1. The predicted octanol–water partition coefficient (Wildman–Crippen LogP) is 0.128. The van der Waals surface area contributed by atoms with Gasteiger partial charge in [0.05, 0.1) is 13.5 Å². The van der Waals surface area contributed by atoms with Gasteiger partial charge in [-0.05, 0) is 0 Å². The molecule has 0 rings (SSSR count). The molecule has 0 N–H and O–H groups in total. The van der Waals surface area contributed by atoms with Crippen LogP contribution in [0.4, 0.5) is 0 Å². The molecule has 0 aliphatic heterocycles. The number of rotatable bonds is 6. The zero-order valence-corrected chi connectivity index (χ0v) is 8.03. The minimum atomic E-state index is -0.586. The molecule has 5 nitrogen and oxygen atoms in total. The molecule has 0 aliphatic rings. The molecule has 0 spiro atoms. The lowest BCUT2D eigenvalue weighted by atomic mass is 10.2. The van der Waals surface area contributed by atoms with Crippen LogP contribution in [0.25, 0.3) is 0 Å². The molecule has 0 radical (unpaired) electrons. The molecule has 0 amide bonds. The minimum Gasteiger partial charge on any atom is -0.469 e. The fraction of sp³-hybridized carbons (Fsp3) is 0.750. The highest BCUT2D eigenvalue weighted by Crippen LogP contribution is 2.01. The van der Waals surface area contributed by atoms with Crippen molar-refractivity contribution in [3.05, 3.63) is 0 Å². The van der Waals surface area contributed by atoms with E-state index >= 15 is 0 Å². The van der Waals surface area contributed by atoms with Gasteiger partial charge in [0.15, 0.2) is 6.29 Å². The van der Waals surface area contributed by atoms with Gasteiger partial charge in [-0.25, -0.2) is 0 Å². The number of hydrogen-bond donors (Lipinski definition) is 0. The summed E-state index contributed by atoms with van der Waals surface area (Å²) in [5.74, 6) is -0.809. The smallest absolute Gasteiger partial charge is 0.313 e. The van der Waals surface area contributed by atoms with Gasteiger partial charge in [-0.15, -0.1) is 0 Å². The molecule has 0 aromatic heterocycles. The van der Waals surface area contributed by atoms with Crippen molar-refractivity contribution in [3.8, 4) is 0 Å². The molecule has 0 aromatic rings. The van der Waals surface area contributed by atoms with Crippen LogP contribution in [0, 0.1) is 0 Å². The highest BCUT2D eigenvalue weighted by Gasteiger charge is 2.15. The summed E-state index contributed by atoms with van der Waals surface area (Å²) >= 11 is 0. The maximum Gasteiger partial charge on any atom is 0.313 e. The number of methoxy groups -OCH3 is 3. The molecule has 5 heteroatoms. The maximum atomic E-state index is 11.1. The fourth-order valence-electron chi connectivity index (χ4n) is 0.754. The Morgan fingerprint density at radius 2 is 1.69 bits per heavy atom. The Bertz CT molecular complexity index is 173. The van der Waals surface area contributed by atoms with E-state index in [0.717, 1.165) is 0 Å².